The topological polar surface area (TPSA) is 68.3 Å². The van der Waals surface area contributed by atoms with Crippen molar-refractivity contribution in [3.8, 4) is 5.75 Å². The summed E-state index contributed by atoms with van der Waals surface area (Å²) in [5.74, 6) is 0.249. The number of nitrogens with one attached hydrogen (secondary N) is 1. The number of amides is 1. The fourth-order valence-electron chi connectivity index (χ4n) is 2.02. The van der Waals surface area contributed by atoms with E-state index in [1.54, 1.807) is 24.3 Å². The Morgan fingerprint density at radius 3 is 2.57 bits per heavy atom. The number of Topliss-reactive ketones (excluding diaryl/α,β-unsaturated/α-hetero) is 1. The minimum absolute atomic E-state index is 0.00914. The number of thiazole rings is 1. The summed E-state index contributed by atoms with van der Waals surface area (Å²) in [5, 5.41) is 3.27. The molecular formula is C17H14N2O3S. The molecule has 1 N–H and O–H groups in total. The van der Waals surface area contributed by atoms with Crippen molar-refractivity contribution in [3.05, 3.63) is 54.1 Å². The molecule has 116 valence electrons. The van der Waals surface area contributed by atoms with Crippen LogP contribution < -0.4 is 10.1 Å². The number of nitrogens with zero attached hydrogens (tertiary/aromatic N) is 1. The average Bonchev–Trinajstić information content (AvgIpc) is 2.95. The second-order valence-corrected chi connectivity index (χ2v) is 5.93. The number of hydrogen-bond donors (Lipinski definition) is 1. The van der Waals surface area contributed by atoms with E-state index in [0.717, 1.165) is 10.2 Å². The highest BCUT2D eigenvalue weighted by atomic mass is 32.1. The molecule has 0 aliphatic rings. The number of hydrogen-bond acceptors (Lipinski definition) is 5. The standard InChI is InChI=1S/C17H14N2O3S/c1-11(20)12-6-8-13(9-7-12)22-10-16(21)19-17-18-14-4-2-3-5-15(14)23-17/h2-9H,10H2,1H3,(H,18,19,21). The lowest BCUT2D eigenvalue weighted by Crippen LogP contribution is -2.20. The summed E-state index contributed by atoms with van der Waals surface area (Å²) in [7, 11) is 0. The van der Waals surface area contributed by atoms with E-state index in [9.17, 15) is 9.59 Å². The summed E-state index contributed by atoms with van der Waals surface area (Å²) in [6.07, 6.45) is 0. The molecule has 2 aromatic carbocycles. The summed E-state index contributed by atoms with van der Waals surface area (Å²) in [5.41, 5.74) is 1.46. The molecule has 3 aromatic rings. The Morgan fingerprint density at radius 2 is 1.87 bits per heavy atom. The van der Waals surface area contributed by atoms with Gasteiger partial charge in [-0.2, -0.15) is 0 Å². The molecule has 0 saturated heterocycles. The number of carbonyl (C=O) groups excluding carboxylic acids is 2. The summed E-state index contributed by atoms with van der Waals surface area (Å²) < 4.78 is 6.42. The van der Waals surface area contributed by atoms with Crippen molar-refractivity contribution in [3.63, 3.8) is 0 Å². The van der Waals surface area contributed by atoms with Gasteiger partial charge in [-0.15, -0.1) is 0 Å². The van der Waals surface area contributed by atoms with E-state index in [2.05, 4.69) is 10.3 Å². The van der Waals surface area contributed by atoms with E-state index in [1.807, 2.05) is 24.3 Å². The van der Waals surface area contributed by atoms with Gasteiger partial charge in [-0.1, -0.05) is 23.5 Å². The molecular weight excluding hydrogens is 312 g/mol. The Labute approximate surface area is 136 Å². The Balaban J connectivity index is 1.57. The number of fused-ring (bicyclic) bond motifs is 1. The number of carbonyl (C=O) groups is 2. The Bertz CT molecular complexity index is 823. The monoisotopic (exact) mass is 326 g/mol. The first kappa shape index (κ1) is 15.2. The number of ketones is 1. The summed E-state index contributed by atoms with van der Waals surface area (Å²) >= 11 is 1.42. The predicted octanol–water partition coefficient (Wildman–Crippen LogP) is 3.52. The molecule has 0 spiro atoms. The van der Waals surface area contributed by atoms with Crippen molar-refractivity contribution < 1.29 is 14.3 Å². The predicted molar refractivity (Wildman–Crippen MR) is 90.2 cm³/mol. The van der Waals surface area contributed by atoms with Gasteiger partial charge in [0.25, 0.3) is 5.91 Å². The van der Waals surface area contributed by atoms with Crippen LogP contribution in [0.2, 0.25) is 0 Å². The van der Waals surface area contributed by atoms with Gasteiger partial charge >= 0.3 is 0 Å². The maximum atomic E-state index is 11.9. The molecule has 0 aliphatic carbocycles. The van der Waals surface area contributed by atoms with Crippen LogP contribution in [0.25, 0.3) is 10.2 Å². The van der Waals surface area contributed by atoms with Crippen LogP contribution >= 0.6 is 11.3 Å². The fourth-order valence-corrected chi connectivity index (χ4v) is 2.90. The van der Waals surface area contributed by atoms with Gasteiger partial charge in [0.1, 0.15) is 5.75 Å². The number of aromatic nitrogens is 1. The van der Waals surface area contributed by atoms with Gasteiger partial charge in [0.2, 0.25) is 0 Å². The zero-order valence-electron chi connectivity index (χ0n) is 12.4. The van der Waals surface area contributed by atoms with E-state index in [4.69, 9.17) is 4.74 Å². The van der Waals surface area contributed by atoms with Crippen LogP contribution in [0.1, 0.15) is 17.3 Å². The van der Waals surface area contributed by atoms with Gasteiger partial charge < -0.3 is 4.74 Å². The van der Waals surface area contributed by atoms with Crippen LogP contribution in [0.4, 0.5) is 5.13 Å². The van der Waals surface area contributed by atoms with Crippen molar-refractivity contribution >= 4 is 38.4 Å². The first-order valence-corrected chi connectivity index (χ1v) is 7.83. The minimum Gasteiger partial charge on any atom is -0.484 e. The second kappa shape index (κ2) is 6.58. The van der Waals surface area contributed by atoms with Gasteiger partial charge in [-0.05, 0) is 43.3 Å². The van der Waals surface area contributed by atoms with Crippen LogP contribution in [-0.4, -0.2) is 23.3 Å². The van der Waals surface area contributed by atoms with Crippen molar-refractivity contribution in [1.29, 1.82) is 0 Å². The molecule has 3 rings (SSSR count). The van der Waals surface area contributed by atoms with Crippen molar-refractivity contribution in [1.82, 2.24) is 4.98 Å². The molecule has 5 nitrogen and oxygen atoms in total. The lowest BCUT2D eigenvalue weighted by atomic mass is 10.1. The van der Waals surface area contributed by atoms with E-state index >= 15 is 0 Å². The summed E-state index contributed by atoms with van der Waals surface area (Å²) in [6, 6.07) is 14.4. The molecule has 1 aromatic heterocycles. The van der Waals surface area contributed by atoms with Crippen LogP contribution in [0.3, 0.4) is 0 Å². The maximum absolute atomic E-state index is 11.9. The lowest BCUT2D eigenvalue weighted by Gasteiger charge is -2.06. The molecule has 1 amide bonds. The molecule has 0 bridgehead atoms. The molecule has 23 heavy (non-hydrogen) atoms. The normalized spacial score (nSPS) is 10.5. The molecule has 1 heterocycles. The number of rotatable bonds is 5. The number of ether oxygens (including phenoxy) is 1. The molecule has 0 radical (unpaired) electrons. The average molecular weight is 326 g/mol. The molecule has 0 fully saturated rings. The smallest absolute Gasteiger partial charge is 0.264 e. The van der Waals surface area contributed by atoms with Gasteiger partial charge in [0.05, 0.1) is 10.2 Å². The quantitative estimate of drug-likeness (QED) is 0.729. The Hall–Kier alpha value is -2.73. The maximum Gasteiger partial charge on any atom is 0.264 e. The number of para-hydroxylation sites is 1. The largest absolute Gasteiger partial charge is 0.484 e. The van der Waals surface area contributed by atoms with Gasteiger partial charge in [0.15, 0.2) is 17.5 Å². The van der Waals surface area contributed by atoms with Crippen molar-refractivity contribution in [2.24, 2.45) is 0 Å². The van der Waals surface area contributed by atoms with E-state index in [0.29, 0.717) is 16.4 Å². The molecule has 6 heteroatoms. The fraction of sp³-hybridized carbons (Fsp3) is 0.118. The number of anilines is 1. The van der Waals surface area contributed by atoms with Crippen LogP contribution in [0, 0.1) is 0 Å². The summed E-state index contributed by atoms with van der Waals surface area (Å²) in [4.78, 5) is 27.4. The minimum atomic E-state index is -0.278. The highest BCUT2D eigenvalue weighted by Gasteiger charge is 2.08. The Kier molecular flexibility index (Phi) is 4.34. The van der Waals surface area contributed by atoms with Crippen LogP contribution in [0.5, 0.6) is 5.75 Å². The van der Waals surface area contributed by atoms with E-state index < -0.39 is 0 Å². The summed E-state index contributed by atoms with van der Waals surface area (Å²) in [6.45, 7) is 1.39. The number of benzene rings is 2. The van der Waals surface area contributed by atoms with Crippen molar-refractivity contribution in [2.45, 2.75) is 6.92 Å². The highest BCUT2D eigenvalue weighted by molar-refractivity contribution is 7.22. The zero-order chi connectivity index (χ0) is 16.2. The molecule has 0 aliphatic heterocycles. The zero-order valence-corrected chi connectivity index (χ0v) is 13.2. The highest BCUT2D eigenvalue weighted by Crippen LogP contribution is 2.25. The molecule has 0 saturated carbocycles. The SMILES string of the molecule is CC(=O)c1ccc(OCC(=O)Nc2nc3ccccc3s2)cc1. The van der Waals surface area contributed by atoms with Crippen LogP contribution in [0.15, 0.2) is 48.5 Å². The molecule has 0 atom stereocenters. The van der Waals surface area contributed by atoms with E-state index in [1.165, 1.54) is 18.3 Å². The van der Waals surface area contributed by atoms with Crippen molar-refractivity contribution in [2.75, 3.05) is 11.9 Å². The van der Waals surface area contributed by atoms with E-state index in [-0.39, 0.29) is 18.3 Å². The first-order chi connectivity index (χ1) is 11.1. The lowest BCUT2D eigenvalue weighted by molar-refractivity contribution is -0.118. The van der Waals surface area contributed by atoms with Gasteiger partial charge in [0, 0.05) is 5.56 Å². The van der Waals surface area contributed by atoms with Gasteiger partial charge in [-0.3, -0.25) is 14.9 Å². The van der Waals surface area contributed by atoms with Gasteiger partial charge in [-0.25, -0.2) is 4.98 Å². The second-order valence-electron chi connectivity index (χ2n) is 4.90. The third kappa shape index (κ3) is 3.73. The first-order valence-electron chi connectivity index (χ1n) is 7.01. The molecule has 0 unspecified atom stereocenters. The third-order valence-electron chi connectivity index (χ3n) is 3.17. The third-order valence-corrected chi connectivity index (χ3v) is 4.12. The Morgan fingerprint density at radius 1 is 1.13 bits per heavy atom. The van der Waals surface area contributed by atoms with Crippen LogP contribution in [-0.2, 0) is 4.79 Å².